The highest BCUT2D eigenvalue weighted by Gasteiger charge is 2.34. The van der Waals surface area contributed by atoms with E-state index >= 15 is 0 Å². The van der Waals surface area contributed by atoms with Gasteiger partial charge in [-0.3, -0.25) is 0 Å². The van der Waals surface area contributed by atoms with Crippen molar-refractivity contribution in [3.8, 4) is 11.4 Å². The monoisotopic (exact) mass is 409 g/mol. The van der Waals surface area contributed by atoms with Crippen LogP contribution in [0.25, 0.3) is 11.4 Å². The van der Waals surface area contributed by atoms with Crippen molar-refractivity contribution >= 4 is 17.5 Å². The summed E-state index contributed by atoms with van der Waals surface area (Å²) in [6.07, 6.45) is -1.84. The molecule has 10 heteroatoms. The number of rotatable bonds is 3. The van der Waals surface area contributed by atoms with Crippen LogP contribution in [0.2, 0.25) is 5.02 Å². The number of hydrogen-bond donors (Lipinski definition) is 0. The van der Waals surface area contributed by atoms with Crippen LogP contribution in [0.5, 0.6) is 0 Å². The molecule has 28 heavy (non-hydrogen) atoms. The summed E-state index contributed by atoms with van der Waals surface area (Å²) in [5, 5.41) is 4.62. The van der Waals surface area contributed by atoms with Gasteiger partial charge in [0.1, 0.15) is 5.69 Å². The fourth-order valence-electron chi connectivity index (χ4n) is 3.14. The molecule has 1 atom stereocenters. The summed E-state index contributed by atoms with van der Waals surface area (Å²) >= 11 is 5.89. The Hall–Kier alpha value is -2.68. The molecule has 146 valence electrons. The van der Waals surface area contributed by atoms with Gasteiger partial charge in [0, 0.05) is 29.9 Å². The second-order valence-electron chi connectivity index (χ2n) is 6.49. The van der Waals surface area contributed by atoms with E-state index in [0.29, 0.717) is 29.8 Å². The molecule has 1 aliphatic heterocycles. The first kappa shape index (κ1) is 18.7. The Morgan fingerprint density at radius 3 is 2.64 bits per heavy atom. The fraction of sp³-hybridized carbons (Fsp3) is 0.333. The second kappa shape index (κ2) is 7.38. The van der Waals surface area contributed by atoms with E-state index in [0.717, 1.165) is 30.7 Å². The van der Waals surface area contributed by atoms with Crippen LogP contribution in [0.4, 0.5) is 19.1 Å². The summed E-state index contributed by atoms with van der Waals surface area (Å²) < 4.78 is 44.2. The molecule has 0 saturated carbocycles. The molecule has 0 aliphatic carbocycles. The molecule has 1 aromatic carbocycles. The highest BCUT2D eigenvalue weighted by atomic mass is 35.5. The maximum absolute atomic E-state index is 12.9. The lowest BCUT2D eigenvalue weighted by atomic mass is 9.98. The highest BCUT2D eigenvalue weighted by molar-refractivity contribution is 6.30. The van der Waals surface area contributed by atoms with Gasteiger partial charge >= 0.3 is 6.18 Å². The lowest BCUT2D eigenvalue weighted by Crippen LogP contribution is -2.36. The third-order valence-corrected chi connectivity index (χ3v) is 4.78. The van der Waals surface area contributed by atoms with E-state index in [1.807, 2.05) is 0 Å². The van der Waals surface area contributed by atoms with E-state index < -0.39 is 11.9 Å². The number of benzene rings is 1. The highest BCUT2D eigenvalue weighted by Crippen LogP contribution is 2.31. The molecule has 2 aromatic heterocycles. The van der Waals surface area contributed by atoms with Crippen LogP contribution >= 0.6 is 11.6 Å². The average molecular weight is 410 g/mol. The maximum Gasteiger partial charge on any atom is 0.433 e. The lowest BCUT2D eigenvalue weighted by molar-refractivity contribution is -0.141. The van der Waals surface area contributed by atoms with Gasteiger partial charge in [0.25, 0.3) is 0 Å². The van der Waals surface area contributed by atoms with Crippen LogP contribution < -0.4 is 4.90 Å². The quantitative estimate of drug-likeness (QED) is 0.630. The number of halogens is 4. The van der Waals surface area contributed by atoms with Gasteiger partial charge in [0.05, 0.1) is 5.92 Å². The Bertz CT molecular complexity index is 960. The Morgan fingerprint density at radius 1 is 1.11 bits per heavy atom. The third kappa shape index (κ3) is 3.94. The molecule has 0 N–H and O–H groups in total. The van der Waals surface area contributed by atoms with E-state index in [1.165, 1.54) is 0 Å². The predicted molar refractivity (Wildman–Crippen MR) is 96.0 cm³/mol. The molecule has 4 rings (SSSR count). The van der Waals surface area contributed by atoms with E-state index in [-0.39, 0.29) is 11.9 Å². The summed E-state index contributed by atoms with van der Waals surface area (Å²) in [5.74, 6) is 0.832. The first-order valence-electron chi connectivity index (χ1n) is 8.65. The van der Waals surface area contributed by atoms with Crippen LogP contribution in [-0.4, -0.2) is 33.2 Å². The lowest BCUT2D eigenvalue weighted by Gasteiger charge is -2.31. The number of nitrogens with zero attached hydrogens (tertiary/aromatic N) is 5. The normalized spacial score (nSPS) is 17.7. The summed E-state index contributed by atoms with van der Waals surface area (Å²) in [5.41, 5.74) is -0.185. The number of hydrogen-bond acceptors (Lipinski definition) is 6. The Labute approximate surface area is 163 Å². The minimum atomic E-state index is -4.51. The molecule has 6 nitrogen and oxygen atoms in total. The summed E-state index contributed by atoms with van der Waals surface area (Å²) in [6.45, 7) is 0.972. The first-order valence-corrected chi connectivity index (χ1v) is 9.03. The van der Waals surface area contributed by atoms with Crippen LogP contribution in [-0.2, 0) is 6.18 Å². The molecule has 1 saturated heterocycles. The van der Waals surface area contributed by atoms with Crippen molar-refractivity contribution in [2.75, 3.05) is 18.0 Å². The minimum Gasteiger partial charge on any atom is -0.340 e. The molecule has 1 unspecified atom stereocenters. The Kier molecular flexibility index (Phi) is 4.92. The van der Waals surface area contributed by atoms with Gasteiger partial charge in [-0.05, 0) is 43.2 Å². The Balaban J connectivity index is 1.52. The van der Waals surface area contributed by atoms with Crippen molar-refractivity contribution < 1.29 is 17.7 Å². The van der Waals surface area contributed by atoms with Crippen LogP contribution in [0.3, 0.4) is 0 Å². The number of alkyl halides is 3. The molecular formula is C18H15ClF3N5O. The van der Waals surface area contributed by atoms with Crippen LogP contribution in [0, 0.1) is 0 Å². The molecule has 0 spiro atoms. The molecule has 3 heterocycles. The summed E-state index contributed by atoms with van der Waals surface area (Å²) in [6, 6.07) is 7.92. The summed E-state index contributed by atoms with van der Waals surface area (Å²) in [4.78, 5) is 13.8. The topological polar surface area (TPSA) is 67.9 Å². The zero-order valence-electron chi connectivity index (χ0n) is 14.5. The predicted octanol–water partition coefficient (Wildman–Crippen LogP) is 4.58. The number of aromatic nitrogens is 4. The van der Waals surface area contributed by atoms with Gasteiger partial charge < -0.3 is 9.42 Å². The van der Waals surface area contributed by atoms with Gasteiger partial charge in [-0.15, -0.1) is 0 Å². The van der Waals surface area contributed by atoms with Gasteiger partial charge in [0.15, 0.2) is 0 Å². The van der Waals surface area contributed by atoms with Crippen molar-refractivity contribution in [2.45, 2.75) is 24.9 Å². The van der Waals surface area contributed by atoms with Crippen molar-refractivity contribution in [2.24, 2.45) is 0 Å². The molecular weight excluding hydrogens is 395 g/mol. The van der Waals surface area contributed by atoms with E-state index in [4.69, 9.17) is 16.1 Å². The van der Waals surface area contributed by atoms with Crippen molar-refractivity contribution in [1.82, 2.24) is 20.1 Å². The smallest absolute Gasteiger partial charge is 0.340 e. The molecule has 0 bridgehead atoms. The standard InChI is InChI=1S/C18H15ClF3N5O/c19-13-5-3-11(4-6-13)15-25-16(28-26-15)12-2-1-9-27(10-12)17-23-8-7-14(24-17)18(20,21)22/h3-8,12H,1-2,9-10H2. The van der Waals surface area contributed by atoms with Crippen molar-refractivity contribution in [1.29, 1.82) is 0 Å². The number of anilines is 1. The zero-order chi connectivity index (χ0) is 19.7. The minimum absolute atomic E-state index is 0.0527. The maximum atomic E-state index is 12.9. The molecule has 1 aliphatic rings. The third-order valence-electron chi connectivity index (χ3n) is 4.53. The van der Waals surface area contributed by atoms with E-state index in [1.54, 1.807) is 29.2 Å². The fourth-order valence-corrected chi connectivity index (χ4v) is 3.26. The summed E-state index contributed by atoms with van der Waals surface area (Å²) in [7, 11) is 0. The molecule has 1 fully saturated rings. The first-order chi connectivity index (χ1) is 13.4. The van der Waals surface area contributed by atoms with Gasteiger partial charge in [-0.1, -0.05) is 16.8 Å². The van der Waals surface area contributed by atoms with Crippen molar-refractivity contribution in [3.05, 3.63) is 53.1 Å². The van der Waals surface area contributed by atoms with E-state index in [2.05, 4.69) is 20.1 Å². The van der Waals surface area contributed by atoms with Crippen molar-refractivity contribution in [3.63, 3.8) is 0 Å². The molecule has 3 aromatic rings. The Morgan fingerprint density at radius 2 is 1.89 bits per heavy atom. The zero-order valence-corrected chi connectivity index (χ0v) is 15.3. The second-order valence-corrected chi connectivity index (χ2v) is 6.92. The van der Waals surface area contributed by atoms with Gasteiger partial charge in [0.2, 0.25) is 17.7 Å². The SMILES string of the molecule is FC(F)(F)c1ccnc(N2CCCC(c3nc(-c4ccc(Cl)cc4)no3)C2)n1. The number of piperidine rings is 1. The molecule has 0 amide bonds. The van der Waals surface area contributed by atoms with Gasteiger partial charge in [-0.25, -0.2) is 9.97 Å². The van der Waals surface area contributed by atoms with E-state index in [9.17, 15) is 13.2 Å². The average Bonchev–Trinajstić information content (AvgIpc) is 3.18. The largest absolute Gasteiger partial charge is 0.433 e. The van der Waals surface area contributed by atoms with Gasteiger partial charge in [-0.2, -0.15) is 18.2 Å². The van der Waals surface area contributed by atoms with Crippen LogP contribution in [0.1, 0.15) is 30.3 Å². The van der Waals surface area contributed by atoms with Crippen LogP contribution in [0.15, 0.2) is 41.1 Å². The molecule has 0 radical (unpaired) electrons.